The van der Waals surface area contributed by atoms with Crippen LogP contribution in [0, 0.1) is 0 Å². The van der Waals surface area contributed by atoms with E-state index in [0.717, 1.165) is 88.1 Å². The molecule has 8 heteroatoms. The van der Waals surface area contributed by atoms with Crippen LogP contribution in [0.1, 0.15) is 0 Å². The van der Waals surface area contributed by atoms with Crippen molar-refractivity contribution in [2.45, 2.75) is 0 Å². The molecule has 0 amide bonds. The lowest BCUT2D eigenvalue weighted by Gasteiger charge is -2.11. The van der Waals surface area contributed by atoms with Gasteiger partial charge in [-0.1, -0.05) is 158 Å². The number of furan rings is 2. The molecule has 0 radical (unpaired) electrons. The molecule has 8 aromatic carbocycles. The number of para-hydroxylation sites is 3. The molecule has 0 unspecified atom stereocenters. The average Bonchev–Trinajstić information content (AvgIpc) is 4.04. The summed E-state index contributed by atoms with van der Waals surface area (Å²) in [6.45, 7) is 0. The third-order valence-corrected chi connectivity index (χ3v) is 11.9. The van der Waals surface area contributed by atoms with Crippen LogP contribution in [-0.2, 0) is 0 Å². The van der Waals surface area contributed by atoms with Gasteiger partial charge < -0.3 is 8.83 Å². The Morgan fingerprint density at radius 2 is 0.905 bits per heavy atom. The first kappa shape index (κ1) is 35.0. The van der Waals surface area contributed by atoms with Crippen molar-refractivity contribution in [2.24, 2.45) is 0 Å². The zero-order valence-electron chi connectivity index (χ0n) is 33.5. The number of hydrogen-bond donors (Lipinski definition) is 0. The molecule has 294 valence electrons. The molecule has 0 bridgehead atoms. The summed E-state index contributed by atoms with van der Waals surface area (Å²) in [4.78, 5) is 26.2. The maximum absolute atomic E-state index is 6.86. The van der Waals surface area contributed by atoms with Crippen molar-refractivity contribution in [2.75, 3.05) is 0 Å². The highest BCUT2D eigenvalue weighted by Gasteiger charge is 2.24. The molecule has 13 rings (SSSR count). The lowest BCUT2D eigenvalue weighted by atomic mass is 9.99. The summed E-state index contributed by atoms with van der Waals surface area (Å²) in [5, 5.41) is 4.97. The molecule has 0 atom stereocenters. The minimum Gasteiger partial charge on any atom is -0.455 e. The minimum absolute atomic E-state index is 0.490. The topological polar surface area (TPSA) is 95.7 Å². The lowest BCUT2D eigenvalue weighted by molar-refractivity contribution is 0.667. The quantitative estimate of drug-likeness (QED) is 0.165. The van der Waals surface area contributed by atoms with Gasteiger partial charge in [0.05, 0.1) is 16.6 Å². The first-order chi connectivity index (χ1) is 31.2. The van der Waals surface area contributed by atoms with Gasteiger partial charge in [-0.05, 0) is 47.5 Å². The summed E-state index contributed by atoms with van der Waals surface area (Å²) in [6.07, 6.45) is 0. The molecular formula is C55H32N6O2. The van der Waals surface area contributed by atoms with Crippen LogP contribution < -0.4 is 0 Å². The number of fused-ring (bicyclic) bond motifs is 9. The zero-order chi connectivity index (χ0) is 41.4. The van der Waals surface area contributed by atoms with Crippen LogP contribution in [0.2, 0.25) is 0 Å². The van der Waals surface area contributed by atoms with Gasteiger partial charge in [0.15, 0.2) is 23.1 Å². The summed E-state index contributed by atoms with van der Waals surface area (Å²) in [7, 11) is 0. The van der Waals surface area contributed by atoms with Gasteiger partial charge in [-0.3, -0.25) is 4.57 Å². The molecule has 0 N–H and O–H groups in total. The lowest BCUT2D eigenvalue weighted by Crippen LogP contribution is -2.06. The van der Waals surface area contributed by atoms with Crippen LogP contribution in [0.15, 0.2) is 203 Å². The van der Waals surface area contributed by atoms with Crippen molar-refractivity contribution in [3.8, 4) is 62.5 Å². The highest BCUT2D eigenvalue weighted by molar-refractivity contribution is 6.17. The van der Waals surface area contributed by atoms with E-state index >= 15 is 0 Å². The molecule has 5 heterocycles. The minimum atomic E-state index is 0.490. The van der Waals surface area contributed by atoms with E-state index in [4.69, 9.17) is 33.8 Å². The van der Waals surface area contributed by atoms with Crippen molar-refractivity contribution < 1.29 is 8.83 Å². The molecule has 0 aliphatic carbocycles. The Morgan fingerprint density at radius 3 is 1.73 bits per heavy atom. The molecule has 0 aliphatic rings. The highest BCUT2D eigenvalue weighted by atomic mass is 16.3. The Kier molecular flexibility index (Phi) is 7.74. The van der Waals surface area contributed by atoms with E-state index in [0.29, 0.717) is 40.2 Å². The van der Waals surface area contributed by atoms with Crippen LogP contribution in [-0.4, -0.2) is 29.5 Å². The predicted octanol–water partition coefficient (Wildman–Crippen LogP) is 13.9. The second-order valence-corrected chi connectivity index (χ2v) is 15.6. The smallest absolute Gasteiger partial charge is 0.238 e. The predicted molar refractivity (Wildman–Crippen MR) is 251 cm³/mol. The fourth-order valence-corrected chi connectivity index (χ4v) is 9.11. The molecule has 0 saturated heterocycles. The molecular weight excluding hydrogens is 777 g/mol. The Balaban J connectivity index is 1.05. The zero-order valence-corrected chi connectivity index (χ0v) is 33.5. The van der Waals surface area contributed by atoms with Crippen LogP contribution in [0.5, 0.6) is 0 Å². The van der Waals surface area contributed by atoms with Crippen molar-refractivity contribution in [1.82, 2.24) is 29.5 Å². The van der Waals surface area contributed by atoms with Crippen molar-refractivity contribution in [3.63, 3.8) is 0 Å². The first-order valence-corrected chi connectivity index (χ1v) is 20.8. The summed E-state index contributed by atoms with van der Waals surface area (Å²) in [6, 6.07) is 65.7. The van der Waals surface area contributed by atoms with E-state index in [1.165, 1.54) is 0 Å². The number of nitrogens with zero attached hydrogens (tertiary/aromatic N) is 6. The number of hydrogen-bond acceptors (Lipinski definition) is 7. The Hall–Kier alpha value is -8.75. The Morgan fingerprint density at radius 1 is 0.333 bits per heavy atom. The van der Waals surface area contributed by atoms with E-state index in [2.05, 4.69) is 83.4 Å². The van der Waals surface area contributed by atoms with Crippen LogP contribution in [0.4, 0.5) is 0 Å². The number of aromatic nitrogens is 6. The van der Waals surface area contributed by atoms with Crippen molar-refractivity contribution >= 4 is 65.8 Å². The van der Waals surface area contributed by atoms with Gasteiger partial charge in [0.2, 0.25) is 5.95 Å². The van der Waals surface area contributed by atoms with Gasteiger partial charge >= 0.3 is 0 Å². The van der Waals surface area contributed by atoms with E-state index in [1.54, 1.807) is 0 Å². The Labute approximate surface area is 359 Å². The normalized spacial score (nSPS) is 11.8. The second kappa shape index (κ2) is 13.9. The molecule has 0 saturated carbocycles. The van der Waals surface area contributed by atoms with Gasteiger partial charge in [0.25, 0.3) is 0 Å². The maximum Gasteiger partial charge on any atom is 0.238 e. The molecule has 0 spiro atoms. The van der Waals surface area contributed by atoms with Gasteiger partial charge in [-0.25, -0.2) is 15.0 Å². The third kappa shape index (κ3) is 5.52. The second-order valence-electron chi connectivity index (χ2n) is 15.6. The van der Waals surface area contributed by atoms with Crippen LogP contribution in [0.3, 0.4) is 0 Å². The monoisotopic (exact) mass is 808 g/mol. The SMILES string of the molecule is c1ccc(-c2nc(-c3cccc4c3oc3cccc(-c5nc(-c6ccccc6)c6oc7ccccc7c6n5)c34)nc(-n3c4ccccc4c4c(-c5ccccc5)cccc43)n2)cc1. The highest BCUT2D eigenvalue weighted by Crippen LogP contribution is 2.43. The molecule has 0 fully saturated rings. The number of rotatable bonds is 6. The fraction of sp³-hybridized carbons (Fsp3) is 0. The molecule has 8 nitrogen and oxygen atoms in total. The van der Waals surface area contributed by atoms with E-state index in [1.807, 2.05) is 115 Å². The largest absolute Gasteiger partial charge is 0.455 e. The average molecular weight is 809 g/mol. The molecule has 5 aromatic heterocycles. The Bertz CT molecular complexity index is 3910. The van der Waals surface area contributed by atoms with Crippen molar-refractivity contribution in [1.29, 1.82) is 0 Å². The summed E-state index contributed by atoms with van der Waals surface area (Å²) in [5.41, 5.74) is 11.9. The fourth-order valence-electron chi connectivity index (χ4n) is 9.11. The van der Waals surface area contributed by atoms with Crippen molar-refractivity contribution in [3.05, 3.63) is 194 Å². The number of benzene rings is 8. The standard InChI is InChI=1S/C55H32N6O2/c1-4-17-33(18-5-1)36-25-15-30-43-46(36)37-23-10-12-29-42(37)61(43)55-59-52(35-21-8-3-9-22-35)58-54(60-55)41-28-14-26-39-47-40(27-16-32-45(47)63-50(39)41)53-56-48(34-19-6-2-7-20-34)51-49(57-53)38-24-11-13-31-44(38)62-51/h1-32H. The van der Waals surface area contributed by atoms with Gasteiger partial charge in [0.1, 0.15) is 28.0 Å². The van der Waals surface area contributed by atoms with Gasteiger partial charge in [-0.15, -0.1) is 0 Å². The summed E-state index contributed by atoms with van der Waals surface area (Å²) in [5.74, 6) is 2.12. The molecule has 63 heavy (non-hydrogen) atoms. The van der Waals surface area contributed by atoms with Crippen LogP contribution >= 0.6 is 0 Å². The first-order valence-electron chi connectivity index (χ1n) is 20.8. The maximum atomic E-state index is 6.86. The van der Waals surface area contributed by atoms with E-state index in [-0.39, 0.29) is 0 Å². The van der Waals surface area contributed by atoms with Gasteiger partial charge in [-0.2, -0.15) is 9.97 Å². The van der Waals surface area contributed by atoms with Crippen LogP contribution in [0.25, 0.3) is 128 Å². The molecule has 13 aromatic rings. The van der Waals surface area contributed by atoms with E-state index < -0.39 is 0 Å². The van der Waals surface area contributed by atoms with Gasteiger partial charge in [0, 0.05) is 43.6 Å². The summed E-state index contributed by atoms with van der Waals surface area (Å²) < 4.78 is 15.4. The summed E-state index contributed by atoms with van der Waals surface area (Å²) >= 11 is 0. The van der Waals surface area contributed by atoms with E-state index in [9.17, 15) is 0 Å². The third-order valence-electron chi connectivity index (χ3n) is 11.9. The molecule has 0 aliphatic heterocycles.